The first-order valence-electron chi connectivity index (χ1n) is 6.91. The van der Waals surface area contributed by atoms with Gasteiger partial charge in [-0.25, -0.2) is 0 Å². The Morgan fingerprint density at radius 3 is 3.00 bits per heavy atom. The number of hydrogen-bond donors (Lipinski definition) is 1. The van der Waals surface area contributed by atoms with E-state index in [0.29, 0.717) is 11.5 Å². The highest BCUT2D eigenvalue weighted by Gasteiger charge is 2.40. The normalized spacial score (nSPS) is 37.8. The van der Waals surface area contributed by atoms with Crippen molar-refractivity contribution in [1.29, 1.82) is 0 Å². The molecule has 1 spiro atoms. The van der Waals surface area contributed by atoms with Crippen LogP contribution in [0.3, 0.4) is 0 Å². The number of ether oxygens (including phenoxy) is 1. The Morgan fingerprint density at radius 2 is 2.29 bits per heavy atom. The summed E-state index contributed by atoms with van der Waals surface area (Å²) in [5, 5.41) is 3.52. The van der Waals surface area contributed by atoms with Crippen LogP contribution >= 0.6 is 12.4 Å². The molecule has 3 nitrogen and oxygen atoms in total. The molecule has 3 rings (SSSR count). The molecule has 0 aromatic carbocycles. The molecule has 100 valence electrons. The average Bonchev–Trinajstić information content (AvgIpc) is 3.01. The highest BCUT2D eigenvalue weighted by molar-refractivity contribution is 5.85. The Hall–Kier alpha value is 0.170. The molecule has 3 aliphatic rings. The van der Waals surface area contributed by atoms with Crippen molar-refractivity contribution in [3.63, 3.8) is 0 Å². The predicted octanol–water partition coefficient (Wildman–Crippen LogP) is 1.66. The molecular weight excluding hydrogens is 236 g/mol. The first kappa shape index (κ1) is 13.6. The number of rotatable bonds is 3. The summed E-state index contributed by atoms with van der Waals surface area (Å²) in [5.74, 6) is 0. The molecule has 3 aliphatic heterocycles. The molecule has 0 bridgehead atoms. The first-order chi connectivity index (χ1) is 7.86. The third-order valence-electron chi connectivity index (χ3n) is 4.64. The van der Waals surface area contributed by atoms with Crippen LogP contribution in [-0.4, -0.2) is 50.3 Å². The molecule has 17 heavy (non-hydrogen) atoms. The highest BCUT2D eigenvalue weighted by atomic mass is 35.5. The fourth-order valence-corrected chi connectivity index (χ4v) is 3.56. The van der Waals surface area contributed by atoms with E-state index in [-0.39, 0.29) is 12.4 Å². The minimum Gasteiger partial charge on any atom is -0.378 e. The Balaban J connectivity index is 0.00000108. The van der Waals surface area contributed by atoms with Crippen LogP contribution in [0.2, 0.25) is 0 Å². The standard InChI is InChI=1S/C13H24N2O.ClH/c1-2-12(16-9-1)3-7-15-8-5-13(11-15)4-6-14-10-13;/h12,14H,1-11H2;1H. The smallest absolute Gasteiger partial charge is 0.0588 e. The Kier molecular flexibility index (Phi) is 4.70. The van der Waals surface area contributed by atoms with Gasteiger partial charge in [0, 0.05) is 26.2 Å². The zero-order chi connectivity index (χ0) is 10.8. The molecule has 2 unspecified atom stereocenters. The van der Waals surface area contributed by atoms with Crippen LogP contribution in [0.25, 0.3) is 0 Å². The van der Waals surface area contributed by atoms with Gasteiger partial charge in [-0.2, -0.15) is 0 Å². The van der Waals surface area contributed by atoms with Gasteiger partial charge in [0.1, 0.15) is 0 Å². The van der Waals surface area contributed by atoms with Crippen molar-refractivity contribution in [2.45, 2.75) is 38.2 Å². The zero-order valence-corrected chi connectivity index (χ0v) is 11.4. The van der Waals surface area contributed by atoms with E-state index in [1.165, 1.54) is 64.8 Å². The summed E-state index contributed by atoms with van der Waals surface area (Å²) in [4.78, 5) is 2.66. The summed E-state index contributed by atoms with van der Waals surface area (Å²) in [6.07, 6.45) is 7.19. The van der Waals surface area contributed by atoms with Crippen molar-refractivity contribution in [3.05, 3.63) is 0 Å². The molecular formula is C13H25ClN2O. The summed E-state index contributed by atoms with van der Waals surface area (Å²) < 4.78 is 5.69. The van der Waals surface area contributed by atoms with Gasteiger partial charge < -0.3 is 15.0 Å². The van der Waals surface area contributed by atoms with Crippen LogP contribution in [0.5, 0.6) is 0 Å². The van der Waals surface area contributed by atoms with Gasteiger partial charge in [-0.1, -0.05) is 0 Å². The van der Waals surface area contributed by atoms with Gasteiger partial charge in [-0.15, -0.1) is 12.4 Å². The lowest BCUT2D eigenvalue weighted by Crippen LogP contribution is -2.30. The van der Waals surface area contributed by atoms with Gasteiger partial charge in [-0.05, 0) is 50.6 Å². The zero-order valence-electron chi connectivity index (χ0n) is 10.6. The van der Waals surface area contributed by atoms with Crippen LogP contribution in [0.4, 0.5) is 0 Å². The van der Waals surface area contributed by atoms with E-state index in [1.807, 2.05) is 0 Å². The average molecular weight is 261 g/mol. The molecule has 1 N–H and O–H groups in total. The molecule has 3 saturated heterocycles. The van der Waals surface area contributed by atoms with Gasteiger partial charge in [0.2, 0.25) is 0 Å². The van der Waals surface area contributed by atoms with E-state index in [1.54, 1.807) is 0 Å². The third-order valence-corrected chi connectivity index (χ3v) is 4.64. The quantitative estimate of drug-likeness (QED) is 0.836. The molecule has 0 aliphatic carbocycles. The lowest BCUT2D eigenvalue weighted by Gasteiger charge is -2.23. The van der Waals surface area contributed by atoms with Crippen molar-refractivity contribution >= 4 is 12.4 Å². The fraction of sp³-hybridized carbons (Fsp3) is 1.00. The largest absolute Gasteiger partial charge is 0.378 e. The summed E-state index contributed by atoms with van der Waals surface area (Å²) in [5.41, 5.74) is 0.635. The maximum atomic E-state index is 5.69. The fourth-order valence-electron chi connectivity index (χ4n) is 3.56. The van der Waals surface area contributed by atoms with Crippen molar-refractivity contribution < 1.29 is 4.74 Å². The summed E-state index contributed by atoms with van der Waals surface area (Å²) in [6, 6.07) is 0. The summed E-state index contributed by atoms with van der Waals surface area (Å²) in [6.45, 7) is 7.38. The summed E-state index contributed by atoms with van der Waals surface area (Å²) >= 11 is 0. The van der Waals surface area contributed by atoms with Crippen LogP contribution in [0.15, 0.2) is 0 Å². The molecule has 4 heteroatoms. The Labute approximate surface area is 111 Å². The van der Waals surface area contributed by atoms with E-state index in [9.17, 15) is 0 Å². The van der Waals surface area contributed by atoms with Crippen molar-refractivity contribution in [1.82, 2.24) is 10.2 Å². The van der Waals surface area contributed by atoms with Crippen LogP contribution in [0.1, 0.15) is 32.1 Å². The highest BCUT2D eigenvalue weighted by Crippen LogP contribution is 2.36. The lowest BCUT2D eigenvalue weighted by molar-refractivity contribution is 0.0936. The van der Waals surface area contributed by atoms with E-state index < -0.39 is 0 Å². The first-order valence-corrected chi connectivity index (χ1v) is 6.91. The number of hydrogen-bond acceptors (Lipinski definition) is 3. The molecule has 0 aromatic heterocycles. The van der Waals surface area contributed by atoms with Gasteiger partial charge in [0.25, 0.3) is 0 Å². The monoisotopic (exact) mass is 260 g/mol. The minimum atomic E-state index is 0. The predicted molar refractivity (Wildman–Crippen MR) is 71.8 cm³/mol. The molecule has 0 radical (unpaired) electrons. The van der Waals surface area contributed by atoms with Gasteiger partial charge in [-0.3, -0.25) is 0 Å². The molecule has 2 atom stereocenters. The SMILES string of the molecule is C1COC(CCN2CCC3(CCNC3)C2)C1.Cl. The van der Waals surface area contributed by atoms with Crippen LogP contribution in [-0.2, 0) is 4.74 Å². The van der Waals surface area contributed by atoms with Gasteiger partial charge in [0.15, 0.2) is 0 Å². The maximum Gasteiger partial charge on any atom is 0.0588 e. The van der Waals surface area contributed by atoms with E-state index >= 15 is 0 Å². The van der Waals surface area contributed by atoms with Crippen LogP contribution < -0.4 is 5.32 Å². The maximum absolute atomic E-state index is 5.69. The van der Waals surface area contributed by atoms with E-state index in [2.05, 4.69) is 10.2 Å². The van der Waals surface area contributed by atoms with E-state index in [4.69, 9.17) is 4.74 Å². The Bertz CT molecular complexity index is 238. The molecule has 3 fully saturated rings. The van der Waals surface area contributed by atoms with Crippen molar-refractivity contribution in [2.75, 3.05) is 39.3 Å². The molecule has 3 heterocycles. The summed E-state index contributed by atoms with van der Waals surface area (Å²) in [7, 11) is 0. The topological polar surface area (TPSA) is 24.5 Å². The number of likely N-dealkylation sites (tertiary alicyclic amines) is 1. The molecule has 0 aromatic rings. The minimum absolute atomic E-state index is 0. The second-order valence-electron chi connectivity index (χ2n) is 5.88. The second-order valence-corrected chi connectivity index (χ2v) is 5.88. The lowest BCUT2D eigenvalue weighted by atomic mass is 9.87. The van der Waals surface area contributed by atoms with Crippen molar-refractivity contribution in [2.24, 2.45) is 5.41 Å². The van der Waals surface area contributed by atoms with Gasteiger partial charge >= 0.3 is 0 Å². The molecule has 0 saturated carbocycles. The number of nitrogens with one attached hydrogen (secondary N) is 1. The number of nitrogens with zero attached hydrogens (tertiary/aromatic N) is 1. The Morgan fingerprint density at radius 1 is 1.35 bits per heavy atom. The third kappa shape index (κ3) is 3.14. The second kappa shape index (κ2) is 5.87. The van der Waals surface area contributed by atoms with Crippen molar-refractivity contribution in [3.8, 4) is 0 Å². The number of halogens is 1. The van der Waals surface area contributed by atoms with E-state index in [0.717, 1.165) is 6.61 Å². The molecule has 0 amide bonds. The van der Waals surface area contributed by atoms with Crippen LogP contribution in [0, 0.1) is 5.41 Å². The van der Waals surface area contributed by atoms with Gasteiger partial charge in [0.05, 0.1) is 6.10 Å².